The van der Waals surface area contributed by atoms with Crippen molar-refractivity contribution in [3.63, 3.8) is 0 Å². The minimum atomic E-state index is -0.595. The van der Waals surface area contributed by atoms with Crippen LogP contribution in [0.2, 0.25) is 5.02 Å². The maximum absolute atomic E-state index is 12.7. The summed E-state index contributed by atoms with van der Waals surface area (Å²) >= 11 is 6.11. The van der Waals surface area contributed by atoms with Gasteiger partial charge in [0.2, 0.25) is 5.91 Å². The average Bonchev–Trinajstić information content (AvgIpc) is 2.79. The van der Waals surface area contributed by atoms with Crippen LogP contribution < -0.4 is 10.2 Å². The van der Waals surface area contributed by atoms with Crippen LogP contribution in [0.3, 0.4) is 0 Å². The Kier molecular flexibility index (Phi) is 4.09. The third kappa shape index (κ3) is 2.82. The molecule has 0 bridgehead atoms. The van der Waals surface area contributed by atoms with Crippen molar-refractivity contribution in [1.29, 1.82) is 0 Å². The van der Waals surface area contributed by atoms with E-state index in [-0.39, 0.29) is 18.2 Å². The number of imide groups is 1. The fourth-order valence-electron chi connectivity index (χ4n) is 2.74. The second-order valence-corrected chi connectivity index (χ2v) is 6.07. The molecule has 1 heterocycles. The number of para-hydroxylation sites is 1. The second-order valence-electron chi connectivity index (χ2n) is 5.67. The third-order valence-electron chi connectivity index (χ3n) is 4.17. The number of hydrogen-bond donors (Lipinski definition) is 1. The maximum Gasteiger partial charge on any atom is 0.256 e. The molecule has 1 aliphatic rings. The first kappa shape index (κ1) is 15.6. The van der Waals surface area contributed by atoms with Crippen molar-refractivity contribution in [3.05, 3.63) is 58.6 Å². The number of halogens is 1. The van der Waals surface area contributed by atoms with Crippen molar-refractivity contribution in [1.82, 2.24) is 0 Å². The number of benzene rings is 2. The number of rotatable bonds is 3. The first-order valence-electron chi connectivity index (χ1n) is 7.43. The number of anilines is 2. The van der Waals surface area contributed by atoms with Crippen LogP contribution in [0.4, 0.5) is 11.4 Å². The van der Waals surface area contributed by atoms with Crippen molar-refractivity contribution in [2.45, 2.75) is 26.3 Å². The molecular weight excluding hydrogens is 312 g/mol. The molecule has 1 aliphatic heterocycles. The normalized spacial score (nSPS) is 17.7. The lowest BCUT2D eigenvalue weighted by Gasteiger charge is -2.19. The first-order valence-corrected chi connectivity index (χ1v) is 7.81. The highest BCUT2D eigenvalue weighted by atomic mass is 35.5. The van der Waals surface area contributed by atoms with E-state index < -0.39 is 6.04 Å². The summed E-state index contributed by atoms with van der Waals surface area (Å²) in [5, 5.41) is 3.61. The smallest absolute Gasteiger partial charge is 0.256 e. The lowest BCUT2D eigenvalue weighted by atomic mass is 10.1. The molecule has 0 radical (unpaired) electrons. The predicted octanol–water partition coefficient (Wildman–Crippen LogP) is 3.70. The van der Waals surface area contributed by atoms with Crippen molar-refractivity contribution in [2.75, 3.05) is 10.2 Å². The Morgan fingerprint density at radius 1 is 1.09 bits per heavy atom. The zero-order valence-electron chi connectivity index (χ0n) is 13.0. The number of amides is 2. The van der Waals surface area contributed by atoms with Gasteiger partial charge in [0.05, 0.1) is 22.8 Å². The predicted molar refractivity (Wildman–Crippen MR) is 91.9 cm³/mol. The molecule has 0 saturated carbocycles. The highest BCUT2D eigenvalue weighted by Crippen LogP contribution is 2.30. The summed E-state index contributed by atoms with van der Waals surface area (Å²) in [5.41, 5.74) is 3.30. The molecule has 1 unspecified atom stereocenters. The van der Waals surface area contributed by atoms with Crippen molar-refractivity contribution in [3.8, 4) is 0 Å². The van der Waals surface area contributed by atoms with E-state index in [0.717, 1.165) is 11.1 Å². The van der Waals surface area contributed by atoms with E-state index in [1.54, 1.807) is 18.2 Å². The molecule has 1 atom stereocenters. The van der Waals surface area contributed by atoms with Crippen LogP contribution >= 0.6 is 11.6 Å². The minimum absolute atomic E-state index is 0.122. The summed E-state index contributed by atoms with van der Waals surface area (Å²) in [6.07, 6.45) is 0.122. The molecule has 0 spiro atoms. The molecule has 2 aromatic carbocycles. The maximum atomic E-state index is 12.7. The molecule has 1 saturated heterocycles. The van der Waals surface area contributed by atoms with Gasteiger partial charge in [-0.3, -0.25) is 9.59 Å². The summed E-state index contributed by atoms with van der Waals surface area (Å²) < 4.78 is 0. The molecular formula is C18H17ClN2O2. The number of carbonyl (C=O) groups excluding carboxylic acids is 2. The molecule has 2 aromatic rings. The van der Waals surface area contributed by atoms with Gasteiger partial charge in [-0.25, -0.2) is 4.90 Å². The lowest BCUT2D eigenvalue weighted by molar-refractivity contribution is -0.121. The Morgan fingerprint density at radius 3 is 2.57 bits per heavy atom. The highest BCUT2D eigenvalue weighted by molar-refractivity contribution is 6.33. The standard InChI is InChI=1S/C18H17ClN2O2/c1-11-6-5-9-16(12(11)2)21-17(22)10-15(18(21)23)20-14-8-4-3-7-13(14)19/h3-9,15,20H,10H2,1-2H3. The zero-order valence-corrected chi connectivity index (χ0v) is 13.7. The van der Waals surface area contributed by atoms with Gasteiger partial charge in [-0.2, -0.15) is 0 Å². The molecule has 5 heteroatoms. The van der Waals surface area contributed by atoms with E-state index in [2.05, 4.69) is 5.32 Å². The van der Waals surface area contributed by atoms with Crippen LogP contribution in [0.15, 0.2) is 42.5 Å². The van der Waals surface area contributed by atoms with Gasteiger partial charge in [-0.1, -0.05) is 35.9 Å². The van der Waals surface area contributed by atoms with E-state index in [0.29, 0.717) is 16.4 Å². The lowest BCUT2D eigenvalue weighted by Crippen LogP contribution is -2.35. The van der Waals surface area contributed by atoms with Gasteiger partial charge in [0.15, 0.2) is 0 Å². The monoisotopic (exact) mass is 328 g/mol. The summed E-state index contributed by atoms with van der Waals surface area (Å²) in [6.45, 7) is 3.88. The minimum Gasteiger partial charge on any atom is -0.372 e. The van der Waals surface area contributed by atoms with Crippen LogP contribution in [0.1, 0.15) is 17.5 Å². The van der Waals surface area contributed by atoms with E-state index in [9.17, 15) is 9.59 Å². The molecule has 23 heavy (non-hydrogen) atoms. The summed E-state index contributed by atoms with van der Waals surface area (Å²) in [5.74, 6) is -0.447. The average molecular weight is 329 g/mol. The molecule has 1 N–H and O–H groups in total. The van der Waals surface area contributed by atoms with Crippen LogP contribution in [0, 0.1) is 13.8 Å². The molecule has 4 nitrogen and oxygen atoms in total. The van der Waals surface area contributed by atoms with E-state index in [1.165, 1.54) is 4.90 Å². The Bertz CT molecular complexity index is 788. The van der Waals surface area contributed by atoms with Gasteiger partial charge in [0.1, 0.15) is 6.04 Å². The Labute approximate surface area is 140 Å². The quantitative estimate of drug-likeness (QED) is 0.874. The topological polar surface area (TPSA) is 49.4 Å². The van der Waals surface area contributed by atoms with Crippen molar-refractivity contribution < 1.29 is 9.59 Å². The number of aryl methyl sites for hydroxylation is 1. The van der Waals surface area contributed by atoms with Gasteiger partial charge < -0.3 is 5.32 Å². The van der Waals surface area contributed by atoms with Crippen LogP contribution in [0.25, 0.3) is 0 Å². The largest absolute Gasteiger partial charge is 0.372 e. The fourth-order valence-corrected chi connectivity index (χ4v) is 2.93. The zero-order chi connectivity index (χ0) is 16.6. The van der Waals surface area contributed by atoms with Gasteiger partial charge in [-0.05, 0) is 43.2 Å². The Hall–Kier alpha value is -2.33. The number of nitrogens with one attached hydrogen (secondary N) is 1. The van der Waals surface area contributed by atoms with Crippen molar-refractivity contribution >= 4 is 34.8 Å². The van der Waals surface area contributed by atoms with Gasteiger partial charge >= 0.3 is 0 Å². The van der Waals surface area contributed by atoms with E-state index in [4.69, 9.17) is 11.6 Å². The number of nitrogens with zero attached hydrogens (tertiary/aromatic N) is 1. The molecule has 2 amide bonds. The molecule has 118 valence electrons. The van der Waals surface area contributed by atoms with Crippen LogP contribution in [0.5, 0.6) is 0 Å². The van der Waals surface area contributed by atoms with Crippen LogP contribution in [-0.4, -0.2) is 17.9 Å². The third-order valence-corrected chi connectivity index (χ3v) is 4.50. The molecule has 3 rings (SSSR count). The molecule has 1 fully saturated rings. The van der Waals surface area contributed by atoms with Gasteiger partial charge in [0.25, 0.3) is 5.91 Å². The van der Waals surface area contributed by atoms with Crippen molar-refractivity contribution in [2.24, 2.45) is 0 Å². The number of hydrogen-bond acceptors (Lipinski definition) is 3. The summed E-state index contributed by atoms with van der Waals surface area (Å²) in [7, 11) is 0. The summed E-state index contributed by atoms with van der Waals surface area (Å²) in [4.78, 5) is 26.3. The molecule has 0 aromatic heterocycles. The van der Waals surface area contributed by atoms with Gasteiger partial charge in [-0.15, -0.1) is 0 Å². The van der Waals surface area contributed by atoms with Gasteiger partial charge in [0, 0.05) is 0 Å². The fraction of sp³-hybridized carbons (Fsp3) is 0.222. The SMILES string of the molecule is Cc1cccc(N2C(=O)CC(Nc3ccccc3Cl)C2=O)c1C. The Balaban J connectivity index is 1.89. The summed E-state index contributed by atoms with van der Waals surface area (Å²) in [6, 6.07) is 12.2. The van der Waals surface area contributed by atoms with Crippen LogP contribution in [-0.2, 0) is 9.59 Å². The number of carbonyl (C=O) groups is 2. The van der Waals surface area contributed by atoms with E-state index in [1.807, 2.05) is 38.1 Å². The Morgan fingerprint density at radius 2 is 1.83 bits per heavy atom. The highest BCUT2D eigenvalue weighted by Gasteiger charge is 2.40. The van der Waals surface area contributed by atoms with E-state index >= 15 is 0 Å². The second kappa shape index (κ2) is 6.05. The molecule has 0 aliphatic carbocycles. The first-order chi connectivity index (χ1) is 11.0.